The molecule has 11 nitrogen and oxygen atoms in total. The summed E-state index contributed by atoms with van der Waals surface area (Å²) in [4.78, 5) is 37.1. The third-order valence-electron chi connectivity index (χ3n) is 7.08. The first-order valence-electron chi connectivity index (χ1n) is 12.6. The van der Waals surface area contributed by atoms with Crippen molar-refractivity contribution in [1.82, 2.24) is 19.9 Å². The summed E-state index contributed by atoms with van der Waals surface area (Å²) in [6.45, 7) is 1.04. The van der Waals surface area contributed by atoms with Crippen LogP contribution in [-0.2, 0) is 10.1 Å². The van der Waals surface area contributed by atoms with Crippen molar-refractivity contribution in [3.63, 3.8) is 0 Å². The molecule has 6 rings (SSSR count). The number of non-ortho nitro benzene ring substituents is 1. The minimum absolute atomic E-state index is 0.0580. The van der Waals surface area contributed by atoms with Crippen molar-refractivity contribution in [1.29, 1.82) is 0 Å². The summed E-state index contributed by atoms with van der Waals surface area (Å²) >= 11 is 0. The largest absolute Gasteiger partial charge is 0.379 e. The van der Waals surface area contributed by atoms with Crippen molar-refractivity contribution in [3.8, 4) is 5.75 Å². The fourth-order valence-electron chi connectivity index (χ4n) is 5.00. The number of piperidine rings is 1. The smallest absolute Gasteiger partial charge is 0.339 e. The predicted molar refractivity (Wildman–Crippen MR) is 147 cm³/mol. The van der Waals surface area contributed by atoms with Gasteiger partial charge in [0, 0.05) is 65.9 Å². The lowest BCUT2D eigenvalue weighted by atomic mass is 9.95. The number of rotatable bonds is 6. The highest BCUT2D eigenvalue weighted by Crippen LogP contribution is 2.31. The molecule has 1 N–H and O–H groups in total. The van der Waals surface area contributed by atoms with Crippen molar-refractivity contribution >= 4 is 43.5 Å². The maximum Gasteiger partial charge on any atom is 0.339 e. The first-order chi connectivity index (χ1) is 19.3. The molecule has 202 valence electrons. The number of H-pyrrole nitrogens is 1. The topological polar surface area (TPSA) is 148 Å². The van der Waals surface area contributed by atoms with Gasteiger partial charge in [-0.3, -0.25) is 19.9 Å². The molecule has 5 aromatic rings. The van der Waals surface area contributed by atoms with Crippen molar-refractivity contribution < 1.29 is 22.3 Å². The van der Waals surface area contributed by atoms with Crippen LogP contribution >= 0.6 is 0 Å². The number of nitrogens with zero attached hydrogens (tertiary/aromatic N) is 4. The zero-order valence-corrected chi connectivity index (χ0v) is 21.9. The molecule has 1 fully saturated rings. The number of pyridine rings is 1. The first-order valence-corrected chi connectivity index (χ1v) is 14.0. The number of amides is 1. The number of benzene rings is 3. The Morgan fingerprint density at radius 1 is 1.05 bits per heavy atom. The minimum Gasteiger partial charge on any atom is -0.379 e. The molecule has 0 unspecified atom stereocenters. The maximum absolute atomic E-state index is 13.1. The van der Waals surface area contributed by atoms with Gasteiger partial charge in [0.15, 0.2) is 0 Å². The Labute approximate surface area is 228 Å². The Kier molecular flexibility index (Phi) is 6.39. The Bertz CT molecular complexity index is 1860. The number of hydrogen-bond donors (Lipinski definition) is 1. The van der Waals surface area contributed by atoms with Crippen LogP contribution in [-0.4, -0.2) is 52.2 Å². The Hall–Kier alpha value is -4.84. The number of aromatic nitrogens is 3. The maximum atomic E-state index is 13.1. The van der Waals surface area contributed by atoms with Crippen LogP contribution in [0.2, 0.25) is 0 Å². The monoisotopic (exact) mass is 557 g/mol. The van der Waals surface area contributed by atoms with Gasteiger partial charge in [-0.15, -0.1) is 0 Å². The molecule has 0 aliphatic carbocycles. The first kappa shape index (κ1) is 25.4. The highest BCUT2D eigenvalue weighted by atomic mass is 32.2. The van der Waals surface area contributed by atoms with Crippen LogP contribution in [0.25, 0.3) is 21.8 Å². The highest BCUT2D eigenvalue weighted by molar-refractivity contribution is 7.87. The van der Waals surface area contributed by atoms with E-state index in [-0.39, 0.29) is 28.2 Å². The second-order valence-electron chi connectivity index (χ2n) is 9.56. The summed E-state index contributed by atoms with van der Waals surface area (Å²) in [6.07, 6.45) is 4.51. The third kappa shape index (κ3) is 4.84. The van der Waals surface area contributed by atoms with E-state index in [0.717, 1.165) is 5.82 Å². The summed E-state index contributed by atoms with van der Waals surface area (Å²) in [7, 11) is -4.10. The molecule has 1 amide bonds. The van der Waals surface area contributed by atoms with Gasteiger partial charge in [-0.1, -0.05) is 12.1 Å². The summed E-state index contributed by atoms with van der Waals surface area (Å²) in [5, 5.41) is 12.1. The lowest BCUT2D eigenvalue weighted by Gasteiger charge is -2.31. The summed E-state index contributed by atoms with van der Waals surface area (Å²) < 4.78 is 31.7. The van der Waals surface area contributed by atoms with E-state index >= 15 is 0 Å². The number of fused-ring (bicyclic) bond motifs is 2. The number of nitrogens with one attached hydrogen (secondary N) is 1. The molecule has 1 saturated heterocycles. The number of likely N-dealkylation sites (tertiary alicyclic amines) is 1. The molecular formula is C28H23N5O6S. The average molecular weight is 558 g/mol. The van der Waals surface area contributed by atoms with Gasteiger partial charge in [-0.05, 0) is 49.2 Å². The second kappa shape index (κ2) is 10.0. The van der Waals surface area contributed by atoms with Crippen LogP contribution in [0.1, 0.15) is 34.9 Å². The molecule has 1 aliphatic rings. The molecule has 12 heteroatoms. The normalized spacial score (nSPS) is 14.4. The zero-order valence-electron chi connectivity index (χ0n) is 21.1. The van der Waals surface area contributed by atoms with Gasteiger partial charge in [0.05, 0.1) is 16.0 Å². The van der Waals surface area contributed by atoms with Crippen molar-refractivity contribution in [2.45, 2.75) is 23.7 Å². The van der Waals surface area contributed by atoms with Crippen LogP contribution in [0.15, 0.2) is 84.0 Å². The van der Waals surface area contributed by atoms with E-state index in [1.54, 1.807) is 47.5 Å². The van der Waals surface area contributed by atoms with Crippen molar-refractivity contribution in [2.24, 2.45) is 0 Å². The molecule has 0 spiro atoms. The molecule has 0 radical (unpaired) electrons. The Morgan fingerprint density at radius 2 is 1.82 bits per heavy atom. The van der Waals surface area contributed by atoms with Crippen LogP contribution in [0.5, 0.6) is 5.75 Å². The van der Waals surface area contributed by atoms with Gasteiger partial charge in [-0.2, -0.15) is 8.42 Å². The van der Waals surface area contributed by atoms with Crippen LogP contribution in [0.3, 0.4) is 0 Å². The summed E-state index contributed by atoms with van der Waals surface area (Å²) in [6, 6.07) is 17.1. The fraction of sp³-hybridized carbons (Fsp3) is 0.179. The predicted octanol–water partition coefficient (Wildman–Crippen LogP) is 4.81. The lowest BCUT2D eigenvalue weighted by molar-refractivity contribution is -0.384. The molecule has 2 aromatic heterocycles. The molecule has 1 aliphatic heterocycles. The highest BCUT2D eigenvalue weighted by Gasteiger charge is 2.27. The number of carbonyl (C=O) groups excluding carboxylic acids is 1. The minimum atomic E-state index is -4.10. The summed E-state index contributed by atoms with van der Waals surface area (Å²) in [5.41, 5.74) is 1.68. The van der Waals surface area contributed by atoms with Crippen LogP contribution in [0, 0.1) is 10.1 Å². The van der Waals surface area contributed by atoms with Crippen molar-refractivity contribution in [3.05, 3.63) is 101 Å². The SMILES string of the molecule is O=C(c1ccc([N+](=O)[O-])cc1)N1CCC(c2nc3ccc(OS(=O)(=O)c4cccc5cnccc45)cc3[nH]2)CC1. The van der Waals surface area contributed by atoms with Crippen molar-refractivity contribution in [2.75, 3.05) is 13.1 Å². The molecule has 3 heterocycles. The van der Waals surface area contributed by atoms with E-state index in [4.69, 9.17) is 9.17 Å². The number of carbonyl (C=O) groups is 1. The Balaban J connectivity index is 1.15. The van der Waals surface area contributed by atoms with Crippen LogP contribution < -0.4 is 4.18 Å². The lowest BCUT2D eigenvalue weighted by Crippen LogP contribution is -2.38. The van der Waals surface area contributed by atoms with E-state index in [1.165, 1.54) is 36.5 Å². The van der Waals surface area contributed by atoms with E-state index in [0.29, 0.717) is 53.3 Å². The number of imidazole rings is 1. The van der Waals surface area contributed by atoms with Crippen LogP contribution in [0.4, 0.5) is 5.69 Å². The Morgan fingerprint density at radius 3 is 2.58 bits per heavy atom. The van der Waals surface area contributed by atoms with E-state index in [9.17, 15) is 23.3 Å². The number of aromatic amines is 1. The van der Waals surface area contributed by atoms with E-state index in [1.807, 2.05) is 0 Å². The third-order valence-corrected chi connectivity index (χ3v) is 8.39. The van der Waals surface area contributed by atoms with Gasteiger partial charge in [0.2, 0.25) is 0 Å². The quantitative estimate of drug-likeness (QED) is 0.178. The van der Waals surface area contributed by atoms with Gasteiger partial charge in [0.1, 0.15) is 16.5 Å². The molecule has 0 atom stereocenters. The summed E-state index contributed by atoms with van der Waals surface area (Å²) in [5.74, 6) is 0.852. The second-order valence-corrected chi connectivity index (χ2v) is 11.1. The zero-order chi connectivity index (χ0) is 27.9. The molecule has 3 aromatic carbocycles. The van der Waals surface area contributed by atoms with Gasteiger partial charge in [0.25, 0.3) is 11.6 Å². The molecule has 0 saturated carbocycles. The fourth-order valence-corrected chi connectivity index (χ4v) is 6.15. The van der Waals surface area contributed by atoms with E-state index in [2.05, 4.69) is 9.97 Å². The number of hydrogen-bond acceptors (Lipinski definition) is 8. The van der Waals surface area contributed by atoms with Gasteiger partial charge >= 0.3 is 10.1 Å². The number of nitro groups is 1. The van der Waals surface area contributed by atoms with Gasteiger partial charge in [-0.25, -0.2) is 4.98 Å². The molecule has 40 heavy (non-hydrogen) atoms. The van der Waals surface area contributed by atoms with Gasteiger partial charge < -0.3 is 14.1 Å². The standard InChI is InChI=1S/C28H23N5O6S/c34-28(19-4-6-21(7-5-19)33(35)36)32-14-11-18(12-15-32)27-30-24-9-8-22(16-25(24)31-27)39-40(37,38)26-3-1-2-20-17-29-13-10-23(20)26/h1-10,13,16-18H,11-12,14-15H2,(H,30,31). The molecule has 0 bridgehead atoms. The van der Waals surface area contributed by atoms with E-state index < -0.39 is 15.0 Å². The average Bonchev–Trinajstić information content (AvgIpc) is 3.40. The number of nitro benzene ring substituents is 1. The molecular weight excluding hydrogens is 534 g/mol.